The minimum atomic E-state index is -5.42. The maximum atomic E-state index is 14.2. The van der Waals surface area contributed by atoms with Gasteiger partial charge in [0.05, 0.1) is 12.8 Å². The molecule has 12 heteroatoms. The van der Waals surface area contributed by atoms with Gasteiger partial charge in [0, 0.05) is 0 Å². The number of alkyl halides is 3. The Labute approximate surface area is 170 Å². The molecule has 160 valence electrons. The van der Waals surface area contributed by atoms with Crippen LogP contribution in [-0.2, 0) is 16.9 Å². The van der Waals surface area contributed by atoms with Crippen molar-refractivity contribution in [1.82, 2.24) is 14.9 Å². The normalized spacial score (nSPS) is 17.8. The van der Waals surface area contributed by atoms with Gasteiger partial charge in [-0.1, -0.05) is 30.3 Å². The number of amides is 2. The van der Waals surface area contributed by atoms with E-state index in [0.29, 0.717) is 5.56 Å². The van der Waals surface area contributed by atoms with Gasteiger partial charge >= 0.3 is 11.9 Å². The molecule has 1 aromatic carbocycles. The summed E-state index contributed by atoms with van der Waals surface area (Å²) in [6.07, 6.45) is -4.37. The van der Waals surface area contributed by atoms with E-state index >= 15 is 0 Å². The van der Waals surface area contributed by atoms with Gasteiger partial charge in [0.25, 0.3) is 22.9 Å². The van der Waals surface area contributed by atoms with Gasteiger partial charge < -0.3 is 15.1 Å². The molecule has 0 bridgehead atoms. The zero-order chi connectivity index (χ0) is 22.4. The highest BCUT2D eigenvalue weighted by Crippen LogP contribution is 2.45. The first-order chi connectivity index (χ1) is 14.6. The van der Waals surface area contributed by atoms with E-state index in [-0.39, 0.29) is 6.54 Å². The lowest BCUT2D eigenvalue weighted by Crippen LogP contribution is -2.62. The Hall–Kier alpha value is -4.09. The van der Waals surface area contributed by atoms with Crippen molar-refractivity contribution < 1.29 is 27.2 Å². The molecule has 1 aliphatic heterocycles. The van der Waals surface area contributed by atoms with Gasteiger partial charge in [-0.15, -0.1) is 0 Å². The quantitative estimate of drug-likeness (QED) is 0.571. The van der Waals surface area contributed by atoms with E-state index in [4.69, 9.17) is 4.42 Å². The summed E-state index contributed by atoms with van der Waals surface area (Å²) < 4.78 is 48.3. The Morgan fingerprint density at radius 3 is 2.42 bits per heavy atom. The molecule has 3 N–H and O–H groups in total. The fourth-order valence-electron chi connectivity index (χ4n) is 3.38. The molecule has 9 nitrogen and oxygen atoms in total. The molecule has 0 spiro atoms. The molecule has 2 amide bonds. The number of aromatic nitrogens is 2. The van der Waals surface area contributed by atoms with Gasteiger partial charge in [0.15, 0.2) is 5.76 Å². The van der Waals surface area contributed by atoms with Gasteiger partial charge in [-0.05, 0) is 17.7 Å². The number of rotatable bonds is 4. The number of aromatic amines is 1. The van der Waals surface area contributed by atoms with Crippen molar-refractivity contribution in [2.45, 2.75) is 18.3 Å². The molecule has 4 rings (SSSR count). The third-order valence-electron chi connectivity index (χ3n) is 4.80. The van der Waals surface area contributed by atoms with Crippen LogP contribution in [-0.4, -0.2) is 27.5 Å². The fourth-order valence-corrected chi connectivity index (χ4v) is 3.38. The number of anilines is 1. The van der Waals surface area contributed by atoms with Crippen LogP contribution in [0.15, 0.2) is 62.7 Å². The van der Waals surface area contributed by atoms with E-state index in [1.54, 1.807) is 40.6 Å². The maximum absolute atomic E-state index is 14.2. The van der Waals surface area contributed by atoms with Crippen LogP contribution in [0.4, 0.5) is 19.0 Å². The molecule has 0 saturated heterocycles. The molecule has 0 fully saturated rings. The molecular weight excluding hydrogens is 421 g/mol. The minimum absolute atomic E-state index is 0.237. The molecule has 2 aromatic heterocycles. The monoisotopic (exact) mass is 434 g/mol. The van der Waals surface area contributed by atoms with Gasteiger partial charge in [0.2, 0.25) is 0 Å². The van der Waals surface area contributed by atoms with Crippen LogP contribution in [0.5, 0.6) is 0 Å². The number of furan rings is 1. The number of nitrogens with zero attached hydrogens (tertiary/aromatic N) is 1. The van der Waals surface area contributed by atoms with Crippen LogP contribution in [0, 0.1) is 0 Å². The smallest absolute Gasteiger partial charge is 0.425 e. The molecular formula is C19H13F3N4O5. The van der Waals surface area contributed by atoms with Crippen molar-refractivity contribution in [3.63, 3.8) is 0 Å². The second-order valence-corrected chi connectivity index (χ2v) is 6.69. The van der Waals surface area contributed by atoms with Crippen molar-refractivity contribution in [2.75, 3.05) is 5.32 Å². The summed E-state index contributed by atoms with van der Waals surface area (Å²) in [5, 5.41) is 3.54. The molecule has 0 radical (unpaired) electrons. The number of halogens is 3. The topological polar surface area (TPSA) is 126 Å². The summed E-state index contributed by atoms with van der Waals surface area (Å²) in [4.78, 5) is 51.6. The zero-order valence-corrected chi connectivity index (χ0v) is 15.4. The third-order valence-corrected chi connectivity index (χ3v) is 4.80. The van der Waals surface area contributed by atoms with Crippen LogP contribution < -0.4 is 21.9 Å². The highest BCUT2D eigenvalue weighted by atomic mass is 19.4. The molecule has 1 atom stereocenters. The van der Waals surface area contributed by atoms with Gasteiger partial charge in [-0.25, -0.2) is 4.79 Å². The fraction of sp³-hybridized carbons (Fsp3) is 0.158. The minimum Gasteiger partial charge on any atom is -0.459 e. The van der Waals surface area contributed by atoms with Crippen molar-refractivity contribution >= 4 is 17.6 Å². The molecule has 31 heavy (non-hydrogen) atoms. The molecule has 1 aliphatic rings. The zero-order valence-electron chi connectivity index (χ0n) is 15.4. The van der Waals surface area contributed by atoms with E-state index < -0.39 is 51.9 Å². The molecule has 0 unspecified atom stereocenters. The summed E-state index contributed by atoms with van der Waals surface area (Å²) in [7, 11) is 0. The van der Waals surface area contributed by atoms with Crippen molar-refractivity contribution in [2.24, 2.45) is 0 Å². The Bertz CT molecular complexity index is 1280. The first-order valence-electron chi connectivity index (χ1n) is 8.81. The number of nitrogens with one attached hydrogen (secondary N) is 3. The third kappa shape index (κ3) is 3.12. The van der Waals surface area contributed by atoms with E-state index in [2.05, 4.69) is 0 Å². The average molecular weight is 434 g/mol. The average Bonchev–Trinajstić information content (AvgIpc) is 3.33. The largest absolute Gasteiger partial charge is 0.459 e. The number of hydrogen-bond donors (Lipinski definition) is 3. The molecule has 0 saturated carbocycles. The Kier molecular flexibility index (Phi) is 4.56. The first kappa shape index (κ1) is 20.2. The Morgan fingerprint density at radius 2 is 1.81 bits per heavy atom. The molecule has 3 heterocycles. The summed E-state index contributed by atoms with van der Waals surface area (Å²) in [6.45, 7) is -0.237. The van der Waals surface area contributed by atoms with E-state index in [9.17, 15) is 32.3 Å². The summed E-state index contributed by atoms with van der Waals surface area (Å²) in [6, 6.07) is 10.6. The van der Waals surface area contributed by atoms with E-state index in [0.717, 1.165) is 16.9 Å². The van der Waals surface area contributed by atoms with Gasteiger partial charge in [0.1, 0.15) is 11.4 Å². The van der Waals surface area contributed by atoms with Crippen LogP contribution in [0.25, 0.3) is 0 Å². The summed E-state index contributed by atoms with van der Waals surface area (Å²) >= 11 is 0. The second-order valence-electron chi connectivity index (χ2n) is 6.69. The van der Waals surface area contributed by atoms with Crippen molar-refractivity contribution in [3.8, 4) is 0 Å². The number of benzene rings is 1. The SMILES string of the molecule is O=C(N[C@@]1(C(F)(F)F)C(=O)Nc2c1c(=O)[nH]c(=O)n2Cc1ccccc1)c1ccco1. The maximum Gasteiger partial charge on any atom is 0.425 e. The first-order valence-corrected chi connectivity index (χ1v) is 8.81. The number of fused-ring (bicyclic) bond motifs is 1. The molecule has 0 aliphatic carbocycles. The van der Waals surface area contributed by atoms with E-state index in [1.165, 1.54) is 6.07 Å². The van der Waals surface area contributed by atoms with Crippen LogP contribution in [0.1, 0.15) is 21.7 Å². The number of carbonyl (C=O) groups is 2. The van der Waals surface area contributed by atoms with Crippen LogP contribution >= 0.6 is 0 Å². The predicted molar refractivity (Wildman–Crippen MR) is 99.4 cm³/mol. The van der Waals surface area contributed by atoms with Crippen molar-refractivity contribution in [1.29, 1.82) is 0 Å². The molecule has 3 aromatic rings. The summed E-state index contributed by atoms with van der Waals surface area (Å²) in [5.41, 5.74) is -6.83. The van der Waals surface area contributed by atoms with E-state index in [1.807, 2.05) is 5.32 Å². The standard InChI is InChI=1S/C19H13F3N4O5/c20-19(21,22)18(25-14(27)11-7-4-8-31-11)12-13(23-16(18)29)26(17(30)24-15(12)28)9-10-5-2-1-3-6-10/h1-8H,9H2,(H,23,29)(H,25,27)(H,24,28,30)/t18-/m1/s1. The Morgan fingerprint density at radius 1 is 1.10 bits per heavy atom. The predicted octanol–water partition coefficient (Wildman–Crippen LogP) is 1.32. The second kappa shape index (κ2) is 7.00. The van der Waals surface area contributed by atoms with Gasteiger partial charge in [-0.3, -0.25) is 23.9 Å². The van der Waals surface area contributed by atoms with Crippen molar-refractivity contribution in [3.05, 3.63) is 86.5 Å². The highest BCUT2D eigenvalue weighted by molar-refractivity contribution is 6.09. The number of hydrogen-bond acceptors (Lipinski definition) is 5. The Balaban J connectivity index is 1.92. The lowest BCUT2D eigenvalue weighted by atomic mass is 9.91. The lowest BCUT2D eigenvalue weighted by Gasteiger charge is -2.29. The van der Waals surface area contributed by atoms with Crippen LogP contribution in [0.3, 0.4) is 0 Å². The number of carbonyl (C=O) groups excluding carboxylic acids is 2. The van der Waals surface area contributed by atoms with Crippen LogP contribution in [0.2, 0.25) is 0 Å². The summed E-state index contributed by atoms with van der Waals surface area (Å²) in [5.74, 6) is -4.25. The number of H-pyrrole nitrogens is 1. The highest BCUT2D eigenvalue weighted by Gasteiger charge is 2.68. The lowest BCUT2D eigenvalue weighted by molar-refractivity contribution is -0.196. The van der Waals surface area contributed by atoms with Gasteiger partial charge in [-0.2, -0.15) is 13.2 Å².